The molecule has 0 aliphatic carbocycles. The van der Waals surface area contributed by atoms with Gasteiger partial charge >= 0.3 is 5.00 Å². The number of alkyl halides is 1. The van der Waals surface area contributed by atoms with Crippen molar-refractivity contribution < 1.29 is 12.8 Å². The first-order chi connectivity index (χ1) is 12.0. The summed E-state index contributed by atoms with van der Waals surface area (Å²) < 4.78 is 39.5. The van der Waals surface area contributed by atoms with E-state index in [1.807, 2.05) is 0 Å². The smallest absolute Gasteiger partial charge is 0.224 e. The Bertz CT molecular complexity index is 625. The van der Waals surface area contributed by atoms with Gasteiger partial charge in [-0.15, -0.1) is 0 Å². The van der Waals surface area contributed by atoms with E-state index in [1.54, 1.807) is 6.07 Å². The second-order valence-corrected chi connectivity index (χ2v) is 8.77. The predicted molar refractivity (Wildman–Crippen MR) is 100 cm³/mol. The zero-order valence-electron chi connectivity index (χ0n) is 15.2. The lowest BCUT2D eigenvalue weighted by molar-refractivity contribution is 0.346. The van der Waals surface area contributed by atoms with Crippen LogP contribution in [0.2, 0.25) is 0 Å². The number of hydrogen-bond acceptors (Lipinski definition) is 3. The largest absolute Gasteiger partial charge is 0.319 e. The van der Waals surface area contributed by atoms with Crippen molar-refractivity contribution >= 4 is 9.84 Å². The molecule has 0 aliphatic rings. The minimum Gasteiger partial charge on any atom is -0.224 e. The average molecular weight is 368 g/mol. The number of hydrogen-bond donors (Lipinski definition) is 0. The number of unbranched alkanes of at least 4 members (excludes halogenated alkanes) is 9. The molecule has 0 amide bonds. The molecule has 25 heavy (non-hydrogen) atoms. The third kappa shape index (κ3) is 6.78. The van der Waals surface area contributed by atoms with Gasteiger partial charge in [0.2, 0.25) is 9.84 Å². The number of halogens is 1. The van der Waals surface area contributed by atoms with Gasteiger partial charge in [0.25, 0.3) is 0 Å². The van der Waals surface area contributed by atoms with E-state index in [9.17, 15) is 12.8 Å². The van der Waals surface area contributed by atoms with Crippen LogP contribution >= 0.6 is 0 Å². The Morgan fingerprint density at radius 2 is 1.40 bits per heavy atom. The maximum Gasteiger partial charge on any atom is 0.319 e. The fourth-order valence-corrected chi connectivity index (χ4v) is 4.39. The third-order valence-corrected chi connectivity index (χ3v) is 6.49. The lowest BCUT2D eigenvalue weighted by atomic mass is 10.1. The molecular formula is C20H30FNO2S. The van der Waals surface area contributed by atoms with Crippen molar-refractivity contribution in [1.29, 1.82) is 5.26 Å². The minimum atomic E-state index is -4.16. The van der Waals surface area contributed by atoms with Crippen LogP contribution < -0.4 is 0 Å². The summed E-state index contributed by atoms with van der Waals surface area (Å²) in [5, 5.41) is 6.18. The Labute approximate surface area is 152 Å². The molecule has 0 aliphatic heterocycles. The standard InChI is InChI=1S/C20H30FNO2S/c1-2-3-4-5-6-7-8-9-10-14-17-25(23,24)20(21,18-22)19-15-12-11-13-16-19/h11-13,15-16H,2-10,14,17H2,1H3. The van der Waals surface area contributed by atoms with Gasteiger partial charge in [-0.05, 0) is 6.42 Å². The first kappa shape index (κ1) is 21.6. The van der Waals surface area contributed by atoms with Crippen LogP contribution in [0, 0.1) is 11.3 Å². The van der Waals surface area contributed by atoms with Crippen LogP contribution in [0.3, 0.4) is 0 Å². The zero-order chi connectivity index (χ0) is 18.6. The molecule has 1 aromatic carbocycles. The van der Waals surface area contributed by atoms with Crippen molar-refractivity contribution in [3.05, 3.63) is 35.9 Å². The molecule has 0 N–H and O–H groups in total. The van der Waals surface area contributed by atoms with Crippen LogP contribution in [0.25, 0.3) is 0 Å². The molecule has 1 unspecified atom stereocenters. The first-order valence-electron chi connectivity index (χ1n) is 9.36. The lowest BCUT2D eigenvalue weighted by Crippen LogP contribution is -2.31. The summed E-state index contributed by atoms with van der Waals surface area (Å²) in [6.07, 6.45) is 10.7. The summed E-state index contributed by atoms with van der Waals surface area (Å²) in [4.78, 5) is 0. The fourth-order valence-electron chi connectivity index (χ4n) is 2.89. The summed E-state index contributed by atoms with van der Waals surface area (Å²) in [6.45, 7) is 2.20. The molecule has 0 radical (unpaired) electrons. The number of nitrogens with zero attached hydrogens (tertiary/aromatic N) is 1. The number of sulfone groups is 1. The molecule has 1 rings (SSSR count). The molecule has 0 aromatic heterocycles. The Morgan fingerprint density at radius 3 is 1.88 bits per heavy atom. The maximum atomic E-state index is 14.9. The van der Waals surface area contributed by atoms with Crippen molar-refractivity contribution in [2.45, 2.75) is 76.1 Å². The Balaban J connectivity index is 2.35. The van der Waals surface area contributed by atoms with E-state index in [-0.39, 0.29) is 11.3 Å². The summed E-state index contributed by atoms with van der Waals surface area (Å²) in [7, 11) is -4.16. The number of rotatable bonds is 13. The molecule has 0 heterocycles. The van der Waals surface area contributed by atoms with Crippen LogP contribution in [0.5, 0.6) is 0 Å². The molecule has 0 bridgehead atoms. The molecule has 3 nitrogen and oxygen atoms in total. The lowest BCUT2D eigenvalue weighted by Gasteiger charge is -2.18. The van der Waals surface area contributed by atoms with E-state index < -0.39 is 14.8 Å². The molecule has 0 saturated heterocycles. The van der Waals surface area contributed by atoms with Crippen molar-refractivity contribution in [2.24, 2.45) is 0 Å². The summed E-state index contributed by atoms with van der Waals surface area (Å²) in [6, 6.07) is 8.80. The molecule has 1 aromatic rings. The first-order valence-corrected chi connectivity index (χ1v) is 11.0. The Morgan fingerprint density at radius 1 is 0.920 bits per heavy atom. The van der Waals surface area contributed by atoms with Crippen LogP contribution in [-0.2, 0) is 14.8 Å². The maximum absolute atomic E-state index is 14.9. The molecule has 0 spiro atoms. The van der Waals surface area contributed by atoms with Crippen molar-refractivity contribution in [3.63, 3.8) is 0 Å². The van der Waals surface area contributed by atoms with E-state index in [0.29, 0.717) is 6.42 Å². The topological polar surface area (TPSA) is 57.9 Å². The highest BCUT2D eigenvalue weighted by molar-refractivity contribution is 7.92. The van der Waals surface area contributed by atoms with Gasteiger partial charge in [0.15, 0.2) is 0 Å². The van der Waals surface area contributed by atoms with Gasteiger partial charge in [-0.3, -0.25) is 0 Å². The predicted octanol–water partition coefficient (Wildman–Crippen LogP) is 5.67. The van der Waals surface area contributed by atoms with Gasteiger partial charge < -0.3 is 0 Å². The highest BCUT2D eigenvalue weighted by atomic mass is 32.2. The van der Waals surface area contributed by atoms with E-state index in [2.05, 4.69) is 6.92 Å². The average Bonchev–Trinajstić information content (AvgIpc) is 2.63. The van der Waals surface area contributed by atoms with Gasteiger partial charge in [0, 0.05) is 5.56 Å². The molecule has 0 fully saturated rings. The third-order valence-electron chi connectivity index (χ3n) is 4.48. The van der Waals surface area contributed by atoms with E-state index in [1.165, 1.54) is 68.9 Å². The van der Waals surface area contributed by atoms with E-state index >= 15 is 0 Å². The normalized spacial score (nSPS) is 14.0. The Hall–Kier alpha value is -1.41. The molecular weight excluding hydrogens is 337 g/mol. The Kier molecular flexibility index (Phi) is 9.74. The van der Waals surface area contributed by atoms with Gasteiger partial charge in [0.1, 0.15) is 6.07 Å². The second kappa shape index (κ2) is 11.3. The van der Waals surface area contributed by atoms with Crippen LogP contribution in [0.1, 0.15) is 76.7 Å². The van der Waals surface area contributed by atoms with Gasteiger partial charge in [0.05, 0.1) is 5.75 Å². The summed E-state index contributed by atoms with van der Waals surface area (Å²) >= 11 is 0. The van der Waals surface area contributed by atoms with Gasteiger partial charge in [-0.25, -0.2) is 12.8 Å². The quantitative estimate of drug-likeness (QED) is 0.422. The molecule has 5 heteroatoms. The van der Waals surface area contributed by atoms with Crippen molar-refractivity contribution in [3.8, 4) is 6.07 Å². The van der Waals surface area contributed by atoms with Gasteiger partial charge in [-0.2, -0.15) is 5.26 Å². The van der Waals surface area contributed by atoms with Crippen LogP contribution in [0.4, 0.5) is 4.39 Å². The fraction of sp³-hybridized carbons (Fsp3) is 0.650. The molecule has 140 valence electrons. The van der Waals surface area contributed by atoms with Gasteiger partial charge in [-0.1, -0.05) is 95.0 Å². The van der Waals surface area contributed by atoms with Crippen LogP contribution in [0.15, 0.2) is 30.3 Å². The number of benzene rings is 1. The van der Waals surface area contributed by atoms with E-state index in [0.717, 1.165) is 19.3 Å². The highest BCUT2D eigenvalue weighted by Crippen LogP contribution is 2.33. The van der Waals surface area contributed by atoms with Crippen LogP contribution in [-0.4, -0.2) is 14.2 Å². The van der Waals surface area contributed by atoms with Crippen molar-refractivity contribution in [2.75, 3.05) is 5.75 Å². The molecule has 1 atom stereocenters. The summed E-state index contributed by atoms with van der Waals surface area (Å²) in [5.74, 6) is -0.289. The molecule has 0 saturated carbocycles. The van der Waals surface area contributed by atoms with Crippen molar-refractivity contribution in [1.82, 2.24) is 0 Å². The monoisotopic (exact) mass is 367 g/mol. The second-order valence-electron chi connectivity index (χ2n) is 6.57. The highest BCUT2D eigenvalue weighted by Gasteiger charge is 2.45. The SMILES string of the molecule is CCCCCCCCCCCCS(=O)(=O)C(F)(C#N)c1ccccc1. The van der Waals surface area contributed by atoms with E-state index in [4.69, 9.17) is 5.26 Å². The minimum absolute atomic E-state index is 0.107. The summed E-state index contributed by atoms with van der Waals surface area (Å²) in [5.41, 5.74) is -0.107. The number of nitriles is 1. The zero-order valence-corrected chi connectivity index (χ0v) is 16.0.